The van der Waals surface area contributed by atoms with Crippen molar-refractivity contribution in [2.75, 3.05) is 25.6 Å². The Morgan fingerprint density at radius 3 is 2.74 bits per heavy atom. The number of hydrogen-bond donors (Lipinski definition) is 1. The summed E-state index contributed by atoms with van der Waals surface area (Å²) in [5, 5.41) is 6.08. The average Bonchev–Trinajstić information content (AvgIpc) is 3.12. The molecule has 122 valence electrons. The third-order valence-electron chi connectivity index (χ3n) is 4.22. The first-order chi connectivity index (χ1) is 11.2. The number of thiazole rings is 1. The van der Waals surface area contributed by atoms with Crippen LogP contribution in [0.5, 0.6) is 0 Å². The van der Waals surface area contributed by atoms with Gasteiger partial charge in [-0.05, 0) is 12.8 Å². The van der Waals surface area contributed by atoms with Crippen LogP contribution in [0.4, 0.5) is 0 Å². The van der Waals surface area contributed by atoms with Gasteiger partial charge in [-0.2, -0.15) is 0 Å². The van der Waals surface area contributed by atoms with Gasteiger partial charge < -0.3 is 10.1 Å². The van der Waals surface area contributed by atoms with E-state index < -0.39 is 0 Å². The molecule has 1 aliphatic heterocycles. The number of rotatable bonds is 5. The van der Waals surface area contributed by atoms with Gasteiger partial charge in [0.15, 0.2) is 0 Å². The van der Waals surface area contributed by atoms with Crippen molar-refractivity contribution >= 4 is 28.8 Å². The second-order valence-electron chi connectivity index (χ2n) is 5.71. The van der Waals surface area contributed by atoms with Gasteiger partial charge in [-0.15, -0.1) is 22.9 Å². The summed E-state index contributed by atoms with van der Waals surface area (Å²) < 4.78 is 5.51. The summed E-state index contributed by atoms with van der Waals surface area (Å²) in [5.41, 5.74) is 1.94. The number of alkyl halides is 1. The van der Waals surface area contributed by atoms with Crippen molar-refractivity contribution in [3.8, 4) is 11.3 Å². The second kappa shape index (κ2) is 7.43. The highest BCUT2D eigenvalue weighted by Crippen LogP contribution is 2.37. The summed E-state index contributed by atoms with van der Waals surface area (Å²) in [6.45, 7) is 1.94. The molecular weight excluding hydrogens is 332 g/mol. The van der Waals surface area contributed by atoms with Gasteiger partial charge in [-0.1, -0.05) is 30.3 Å². The molecule has 0 bridgehead atoms. The number of benzene rings is 1. The summed E-state index contributed by atoms with van der Waals surface area (Å²) in [6.07, 6.45) is 1.72. The van der Waals surface area contributed by atoms with E-state index in [1.807, 2.05) is 18.2 Å². The van der Waals surface area contributed by atoms with Crippen LogP contribution in [0.25, 0.3) is 11.3 Å². The molecule has 2 aromatic rings. The molecule has 1 aliphatic rings. The maximum Gasteiger partial charge on any atom is 0.234 e. The van der Waals surface area contributed by atoms with Crippen LogP contribution in [0.2, 0.25) is 0 Å². The van der Waals surface area contributed by atoms with Crippen LogP contribution < -0.4 is 5.32 Å². The summed E-state index contributed by atoms with van der Waals surface area (Å²) in [4.78, 5) is 16.4. The molecule has 6 heteroatoms. The molecule has 1 aromatic carbocycles. The fourth-order valence-electron chi connectivity index (χ4n) is 2.80. The van der Waals surface area contributed by atoms with E-state index in [1.54, 1.807) is 11.3 Å². The molecule has 1 saturated heterocycles. The van der Waals surface area contributed by atoms with E-state index in [4.69, 9.17) is 21.3 Å². The largest absolute Gasteiger partial charge is 0.381 e. The maximum atomic E-state index is 11.6. The lowest BCUT2D eigenvalue weighted by molar-refractivity contribution is -0.119. The molecule has 0 radical (unpaired) electrons. The van der Waals surface area contributed by atoms with Gasteiger partial charge >= 0.3 is 0 Å². The van der Waals surface area contributed by atoms with Crippen molar-refractivity contribution in [1.82, 2.24) is 10.3 Å². The van der Waals surface area contributed by atoms with Crippen LogP contribution in [-0.4, -0.2) is 36.5 Å². The smallest absolute Gasteiger partial charge is 0.234 e. The summed E-state index contributed by atoms with van der Waals surface area (Å²) >= 11 is 7.25. The summed E-state index contributed by atoms with van der Waals surface area (Å²) in [6, 6.07) is 10.1. The van der Waals surface area contributed by atoms with Crippen LogP contribution in [0.15, 0.2) is 35.7 Å². The molecule has 1 fully saturated rings. The molecule has 0 aliphatic carbocycles. The molecule has 4 nitrogen and oxygen atoms in total. The number of ether oxygens (including phenoxy) is 1. The van der Waals surface area contributed by atoms with E-state index in [0.29, 0.717) is 19.8 Å². The lowest BCUT2D eigenvalue weighted by Crippen LogP contribution is -2.44. The molecular formula is C17H19ClN2O2S. The lowest BCUT2D eigenvalue weighted by Gasteiger charge is -2.35. The minimum atomic E-state index is -0.155. The van der Waals surface area contributed by atoms with E-state index in [1.165, 1.54) is 0 Å². The van der Waals surface area contributed by atoms with Gasteiger partial charge in [0.2, 0.25) is 5.91 Å². The SMILES string of the molecule is O=C(CCl)NCC1(c2nc(-c3ccccc3)cs2)CCOCC1. The first-order valence-corrected chi connectivity index (χ1v) is 9.07. The average molecular weight is 351 g/mol. The zero-order chi connectivity index (χ0) is 16.1. The Hall–Kier alpha value is -1.43. The molecule has 0 spiro atoms. The zero-order valence-corrected chi connectivity index (χ0v) is 14.3. The number of nitrogens with zero attached hydrogens (tertiary/aromatic N) is 1. The predicted molar refractivity (Wildman–Crippen MR) is 93.0 cm³/mol. The van der Waals surface area contributed by atoms with Crippen molar-refractivity contribution in [3.63, 3.8) is 0 Å². The topological polar surface area (TPSA) is 51.2 Å². The van der Waals surface area contributed by atoms with Crippen LogP contribution in [0, 0.1) is 0 Å². The molecule has 3 rings (SSSR count). The fourth-order valence-corrected chi connectivity index (χ4v) is 3.99. The zero-order valence-electron chi connectivity index (χ0n) is 12.8. The Labute approximate surface area is 144 Å². The van der Waals surface area contributed by atoms with Crippen molar-refractivity contribution in [1.29, 1.82) is 0 Å². The first-order valence-electron chi connectivity index (χ1n) is 7.65. The molecule has 1 amide bonds. The van der Waals surface area contributed by atoms with Crippen LogP contribution >= 0.6 is 22.9 Å². The third-order valence-corrected chi connectivity index (χ3v) is 5.55. The van der Waals surface area contributed by atoms with E-state index in [2.05, 4.69) is 22.8 Å². The van der Waals surface area contributed by atoms with Crippen molar-refractivity contribution in [2.45, 2.75) is 18.3 Å². The van der Waals surface area contributed by atoms with Crippen molar-refractivity contribution in [3.05, 3.63) is 40.7 Å². The quantitative estimate of drug-likeness (QED) is 0.842. The Bertz CT molecular complexity index is 654. The fraction of sp³-hybridized carbons (Fsp3) is 0.412. The van der Waals surface area contributed by atoms with Gasteiger partial charge in [0.1, 0.15) is 10.9 Å². The monoisotopic (exact) mass is 350 g/mol. The van der Waals surface area contributed by atoms with Crippen molar-refractivity contribution < 1.29 is 9.53 Å². The van der Waals surface area contributed by atoms with Gasteiger partial charge in [0.05, 0.1) is 5.69 Å². The van der Waals surface area contributed by atoms with Gasteiger partial charge in [-0.25, -0.2) is 4.98 Å². The second-order valence-corrected chi connectivity index (χ2v) is 6.83. The highest BCUT2D eigenvalue weighted by Gasteiger charge is 2.37. The highest BCUT2D eigenvalue weighted by atomic mass is 35.5. The molecule has 1 aromatic heterocycles. The summed E-state index contributed by atoms with van der Waals surface area (Å²) in [5.74, 6) is -0.155. The standard InChI is InChI=1S/C17H19ClN2O2S/c18-10-15(21)19-12-17(6-8-22-9-7-17)16-20-14(11-23-16)13-4-2-1-3-5-13/h1-5,11H,6-10,12H2,(H,19,21). The van der Waals surface area contributed by atoms with Crippen LogP contribution in [-0.2, 0) is 14.9 Å². The molecule has 0 unspecified atom stereocenters. The number of carbonyl (C=O) groups is 1. The molecule has 1 N–H and O–H groups in total. The summed E-state index contributed by atoms with van der Waals surface area (Å²) in [7, 11) is 0. The molecule has 0 saturated carbocycles. The highest BCUT2D eigenvalue weighted by molar-refractivity contribution is 7.10. The van der Waals surface area contributed by atoms with E-state index in [0.717, 1.165) is 29.1 Å². The maximum absolute atomic E-state index is 11.6. The number of halogens is 1. The van der Waals surface area contributed by atoms with E-state index in [9.17, 15) is 4.79 Å². The molecule has 2 heterocycles. The van der Waals surface area contributed by atoms with E-state index in [-0.39, 0.29) is 17.2 Å². The molecule has 0 atom stereocenters. The first kappa shape index (κ1) is 16.4. The number of aromatic nitrogens is 1. The van der Waals surface area contributed by atoms with Gasteiger partial charge in [0.25, 0.3) is 0 Å². The number of amides is 1. The van der Waals surface area contributed by atoms with Crippen LogP contribution in [0.1, 0.15) is 17.8 Å². The van der Waals surface area contributed by atoms with E-state index >= 15 is 0 Å². The minimum Gasteiger partial charge on any atom is -0.381 e. The Kier molecular flexibility index (Phi) is 5.30. The predicted octanol–water partition coefficient (Wildman–Crippen LogP) is 3.21. The number of nitrogens with one attached hydrogen (secondary N) is 1. The minimum absolute atomic E-state index is 0.0142. The lowest BCUT2D eigenvalue weighted by atomic mass is 9.80. The Morgan fingerprint density at radius 1 is 1.30 bits per heavy atom. The van der Waals surface area contributed by atoms with Gasteiger partial charge in [-0.3, -0.25) is 4.79 Å². The number of carbonyl (C=O) groups excluding carboxylic acids is 1. The Balaban J connectivity index is 1.85. The molecule has 23 heavy (non-hydrogen) atoms. The van der Waals surface area contributed by atoms with Crippen molar-refractivity contribution in [2.24, 2.45) is 0 Å². The van der Waals surface area contributed by atoms with Gasteiger partial charge in [0, 0.05) is 36.1 Å². The number of hydrogen-bond acceptors (Lipinski definition) is 4. The Morgan fingerprint density at radius 2 is 2.04 bits per heavy atom. The normalized spacial score (nSPS) is 16.9. The van der Waals surface area contributed by atoms with Crippen LogP contribution in [0.3, 0.4) is 0 Å². The third kappa shape index (κ3) is 3.74.